The highest BCUT2D eigenvalue weighted by Gasteiger charge is 2.45. The Labute approximate surface area is 305 Å². The van der Waals surface area contributed by atoms with Gasteiger partial charge in [-0.3, -0.25) is 0 Å². The van der Waals surface area contributed by atoms with Gasteiger partial charge in [0.05, 0.1) is 11.4 Å². The molecule has 6 aromatic carbocycles. The monoisotopic (exact) mass is 670 g/mol. The van der Waals surface area contributed by atoms with Crippen molar-refractivity contribution in [3.63, 3.8) is 0 Å². The van der Waals surface area contributed by atoms with Gasteiger partial charge >= 0.3 is 6.28 Å². The molecule has 0 spiro atoms. The number of fused-ring (bicyclic) bond motifs is 6. The standard InChI is InChI=1S/C46H40B2N4/c1-47(2)39-29-37(25-27-41(39)49-43(33-17-9-5-10-18-33)31-45(51(47)49)35-21-13-7-14-22-35)38-26-28-42-40(30-38)48(3,4)52-46(36-23-15-8-16-24-36)32-44(50(42)52)34-19-11-6-12-20-34/h5-32H,1-4H3. The largest absolute Gasteiger partial charge is 0.328 e. The van der Waals surface area contributed by atoms with Gasteiger partial charge in [-0.2, -0.15) is 18.3 Å². The molecule has 0 saturated heterocycles. The fraction of sp³-hybridized carbons (Fsp3) is 0.0870. The SMILES string of the molecule is C[B-]1(C)c2cc(-c3ccc4c(c3)[B-](C)(C)[n+]3c(-c5ccccc5)cc(-c5ccccc5)n3-4)ccc2-[n+]2c(-c3ccccc3)cc(-c3ccccc3)n21. The van der Waals surface area contributed by atoms with Gasteiger partial charge in [-0.1, -0.05) is 115 Å². The van der Waals surface area contributed by atoms with E-state index in [0.717, 1.165) is 0 Å². The van der Waals surface area contributed by atoms with Crippen molar-refractivity contribution in [2.24, 2.45) is 0 Å². The van der Waals surface area contributed by atoms with Crippen molar-refractivity contribution in [2.45, 2.75) is 27.3 Å². The Morgan fingerprint density at radius 2 is 0.904 bits per heavy atom. The summed E-state index contributed by atoms with van der Waals surface area (Å²) in [7, 11) is 0. The van der Waals surface area contributed by atoms with Gasteiger partial charge in [0, 0.05) is 34.9 Å². The Bertz CT molecular complexity index is 2470. The first-order chi connectivity index (χ1) is 25.3. The van der Waals surface area contributed by atoms with Crippen molar-refractivity contribution < 1.29 is 9.27 Å². The van der Waals surface area contributed by atoms with Crippen molar-refractivity contribution in [1.29, 1.82) is 0 Å². The number of hydrogen-bond acceptors (Lipinski definition) is 0. The fourth-order valence-electron chi connectivity index (χ4n) is 9.25. The maximum Gasteiger partial charge on any atom is 0.328 e. The van der Waals surface area contributed by atoms with E-state index < -0.39 is 12.6 Å². The maximum atomic E-state index is 2.56. The van der Waals surface area contributed by atoms with Crippen LogP contribution in [0.4, 0.5) is 0 Å². The fourth-order valence-corrected chi connectivity index (χ4v) is 9.25. The molecule has 4 nitrogen and oxygen atoms in total. The highest BCUT2D eigenvalue weighted by atomic mass is 15.4. The zero-order chi connectivity index (χ0) is 35.2. The van der Waals surface area contributed by atoms with Crippen LogP contribution < -0.4 is 20.2 Å². The summed E-state index contributed by atoms with van der Waals surface area (Å²) in [5, 5.41) is 0. The molecule has 0 aliphatic carbocycles. The zero-order valence-electron chi connectivity index (χ0n) is 30.1. The van der Waals surface area contributed by atoms with Gasteiger partial charge < -0.3 is 9.19 Å². The molecule has 0 radical (unpaired) electrons. The van der Waals surface area contributed by atoms with Crippen molar-refractivity contribution >= 4 is 23.5 Å². The van der Waals surface area contributed by atoms with Gasteiger partial charge in [0.1, 0.15) is 5.69 Å². The molecule has 250 valence electrons. The Kier molecular flexibility index (Phi) is 6.60. The molecule has 2 aliphatic rings. The first-order valence-corrected chi connectivity index (χ1v) is 18.7. The minimum Gasteiger partial charge on any atom is -0.318 e. The van der Waals surface area contributed by atoms with Crippen LogP contribution in [0, 0.1) is 0 Å². The van der Waals surface area contributed by atoms with Gasteiger partial charge in [0.15, 0.2) is 17.7 Å². The number of aromatic nitrogens is 4. The molecular weight excluding hydrogens is 630 g/mol. The Morgan fingerprint density at radius 1 is 0.423 bits per heavy atom. The van der Waals surface area contributed by atoms with Crippen molar-refractivity contribution in [2.75, 3.05) is 0 Å². The van der Waals surface area contributed by atoms with Crippen LogP contribution in [0.25, 0.3) is 67.5 Å². The molecule has 52 heavy (non-hydrogen) atoms. The van der Waals surface area contributed by atoms with E-state index >= 15 is 0 Å². The molecular formula is C46H40B2N4. The van der Waals surface area contributed by atoms with Crippen LogP contribution in [-0.2, 0) is 0 Å². The topological polar surface area (TPSA) is 17.6 Å². The average Bonchev–Trinajstić information content (AvgIpc) is 3.91. The summed E-state index contributed by atoms with van der Waals surface area (Å²) in [5.74, 6) is 0. The smallest absolute Gasteiger partial charge is 0.318 e. The molecule has 0 bridgehead atoms. The highest BCUT2D eigenvalue weighted by Crippen LogP contribution is 2.36. The summed E-state index contributed by atoms with van der Waals surface area (Å²) in [6.45, 7) is 9.68. The first kappa shape index (κ1) is 30.7. The lowest BCUT2D eigenvalue weighted by atomic mass is 9.35. The van der Waals surface area contributed by atoms with Gasteiger partial charge in [-0.15, -0.1) is 29.3 Å². The summed E-state index contributed by atoms with van der Waals surface area (Å²) >= 11 is 0. The lowest BCUT2D eigenvalue weighted by Gasteiger charge is -2.25. The Balaban J connectivity index is 1.13. The van der Waals surface area contributed by atoms with E-state index in [0.29, 0.717) is 0 Å². The quantitative estimate of drug-likeness (QED) is 0.129. The Hall–Kier alpha value is -6.13. The third-order valence-electron chi connectivity index (χ3n) is 11.8. The number of rotatable bonds is 5. The van der Waals surface area contributed by atoms with Gasteiger partial charge in [-0.05, 0) is 53.1 Å². The van der Waals surface area contributed by atoms with Crippen LogP contribution in [-0.4, -0.2) is 21.8 Å². The molecule has 0 unspecified atom stereocenters. The lowest BCUT2D eigenvalue weighted by molar-refractivity contribution is -0.653. The molecule has 0 N–H and O–H groups in total. The normalized spacial score (nSPS) is 14.5. The molecule has 8 aromatic rings. The number of nitrogens with zero attached hydrogens (tertiary/aromatic N) is 4. The molecule has 2 aliphatic heterocycles. The van der Waals surface area contributed by atoms with Gasteiger partial charge in [0.25, 0.3) is 0 Å². The van der Waals surface area contributed by atoms with E-state index in [9.17, 15) is 0 Å². The molecule has 10 rings (SSSR count). The summed E-state index contributed by atoms with van der Waals surface area (Å²) in [6.07, 6.45) is -2.28. The predicted octanol–water partition coefficient (Wildman–Crippen LogP) is 8.73. The van der Waals surface area contributed by atoms with Crippen LogP contribution in [0.15, 0.2) is 170 Å². The third kappa shape index (κ3) is 4.37. The van der Waals surface area contributed by atoms with Gasteiger partial charge in [0.2, 0.25) is 5.69 Å². The number of benzene rings is 6. The van der Waals surface area contributed by atoms with Crippen molar-refractivity contribution in [3.8, 4) is 67.5 Å². The second kappa shape index (κ2) is 11.2. The van der Waals surface area contributed by atoms with E-state index in [-0.39, 0.29) is 0 Å². The van der Waals surface area contributed by atoms with Gasteiger partial charge in [-0.25, -0.2) is 0 Å². The van der Waals surface area contributed by atoms with E-state index in [2.05, 4.69) is 216 Å². The molecule has 0 fully saturated rings. The molecule has 0 saturated carbocycles. The maximum absolute atomic E-state index is 2.56. The molecule has 4 heterocycles. The average molecular weight is 670 g/mol. The highest BCUT2D eigenvalue weighted by molar-refractivity contribution is 6.89. The van der Waals surface area contributed by atoms with E-state index in [1.807, 2.05) is 0 Å². The van der Waals surface area contributed by atoms with Crippen molar-refractivity contribution in [3.05, 3.63) is 170 Å². The van der Waals surface area contributed by atoms with Crippen LogP contribution in [0.3, 0.4) is 0 Å². The van der Waals surface area contributed by atoms with E-state index in [1.165, 1.54) is 78.5 Å². The third-order valence-corrected chi connectivity index (χ3v) is 11.8. The molecule has 0 atom stereocenters. The predicted molar refractivity (Wildman–Crippen MR) is 218 cm³/mol. The lowest BCUT2D eigenvalue weighted by Crippen LogP contribution is -2.66. The molecule has 0 amide bonds. The van der Waals surface area contributed by atoms with E-state index in [1.54, 1.807) is 0 Å². The molecule has 6 heteroatoms. The zero-order valence-corrected chi connectivity index (χ0v) is 30.1. The second-order valence-electron chi connectivity index (χ2n) is 15.8. The second-order valence-corrected chi connectivity index (χ2v) is 15.8. The van der Waals surface area contributed by atoms with Crippen molar-refractivity contribution in [1.82, 2.24) is 9.27 Å². The number of hydrogen-bond donors (Lipinski definition) is 0. The van der Waals surface area contributed by atoms with Crippen LogP contribution in [0.2, 0.25) is 27.3 Å². The first-order valence-electron chi connectivity index (χ1n) is 18.7. The van der Waals surface area contributed by atoms with Crippen LogP contribution in [0.1, 0.15) is 0 Å². The summed E-state index contributed by atoms with van der Waals surface area (Å²) < 4.78 is 10.0. The summed E-state index contributed by atoms with van der Waals surface area (Å²) in [6, 6.07) is 62.3. The van der Waals surface area contributed by atoms with Crippen LogP contribution in [0.5, 0.6) is 0 Å². The minimum atomic E-state index is -1.14. The molecule has 2 aromatic heterocycles. The Morgan fingerprint density at radius 3 is 1.50 bits per heavy atom. The summed E-state index contributed by atoms with van der Waals surface area (Å²) in [4.78, 5) is 0. The van der Waals surface area contributed by atoms with E-state index in [4.69, 9.17) is 0 Å². The van der Waals surface area contributed by atoms with Crippen LogP contribution >= 0.6 is 0 Å². The minimum absolute atomic E-state index is 1.14. The summed E-state index contributed by atoms with van der Waals surface area (Å²) in [5.41, 5.74) is 17.6.